The molecule has 0 atom stereocenters. The first-order valence-electron chi connectivity index (χ1n) is 7.28. The number of hydrogen-bond acceptors (Lipinski definition) is 2. The third-order valence-electron chi connectivity index (χ3n) is 3.26. The predicted molar refractivity (Wildman–Crippen MR) is 80.2 cm³/mol. The number of halogens is 6. The Morgan fingerprint density at radius 2 is 1.42 bits per heavy atom. The largest absolute Gasteiger partial charge is 0.484 e. The van der Waals surface area contributed by atoms with Crippen molar-refractivity contribution in [3.8, 4) is 5.75 Å². The third-order valence-corrected chi connectivity index (χ3v) is 3.26. The van der Waals surface area contributed by atoms with Gasteiger partial charge in [0.25, 0.3) is 5.91 Å². The number of rotatable bonds is 5. The van der Waals surface area contributed by atoms with E-state index in [-0.39, 0.29) is 12.6 Å². The van der Waals surface area contributed by atoms with Gasteiger partial charge in [-0.2, -0.15) is 26.3 Å². The second kappa shape index (κ2) is 7.67. The SMILES string of the molecule is O=C(COc1cc(C(F)(F)F)cc(C(F)(F)F)c1)NCc1ccccc1. The molecular weight excluding hydrogens is 364 g/mol. The highest BCUT2D eigenvalue weighted by molar-refractivity contribution is 5.77. The molecule has 2 rings (SSSR count). The quantitative estimate of drug-likeness (QED) is 0.784. The van der Waals surface area contributed by atoms with Crippen LogP contribution in [0.4, 0.5) is 26.3 Å². The Bertz CT molecular complexity index is 724. The lowest BCUT2D eigenvalue weighted by molar-refractivity contribution is -0.143. The van der Waals surface area contributed by atoms with E-state index < -0.39 is 41.7 Å². The van der Waals surface area contributed by atoms with Gasteiger partial charge in [0, 0.05) is 6.54 Å². The Morgan fingerprint density at radius 1 is 0.885 bits per heavy atom. The highest BCUT2D eigenvalue weighted by Gasteiger charge is 2.37. The standard InChI is InChI=1S/C17H13F6NO2/c18-16(19,20)12-6-13(17(21,22)23)8-14(7-12)26-10-15(25)24-9-11-4-2-1-3-5-11/h1-8H,9-10H2,(H,24,25). The van der Waals surface area contributed by atoms with E-state index in [9.17, 15) is 31.1 Å². The molecule has 2 aromatic rings. The van der Waals surface area contributed by atoms with E-state index in [0.717, 1.165) is 5.56 Å². The zero-order valence-corrected chi connectivity index (χ0v) is 13.1. The Morgan fingerprint density at radius 3 is 1.92 bits per heavy atom. The highest BCUT2D eigenvalue weighted by Crippen LogP contribution is 2.38. The number of amides is 1. The maximum atomic E-state index is 12.7. The molecule has 0 aliphatic rings. The molecule has 0 spiro atoms. The maximum Gasteiger partial charge on any atom is 0.416 e. The topological polar surface area (TPSA) is 38.3 Å². The second-order valence-electron chi connectivity index (χ2n) is 5.29. The average molecular weight is 377 g/mol. The molecule has 0 aliphatic carbocycles. The maximum absolute atomic E-state index is 12.7. The fraction of sp³-hybridized carbons (Fsp3) is 0.235. The molecule has 0 heterocycles. The molecule has 0 saturated heterocycles. The summed E-state index contributed by atoms with van der Waals surface area (Å²) in [5.74, 6) is -1.37. The summed E-state index contributed by atoms with van der Waals surface area (Å²) in [6, 6.07) is 9.58. The molecule has 2 aromatic carbocycles. The number of ether oxygens (including phenoxy) is 1. The summed E-state index contributed by atoms with van der Waals surface area (Å²) in [5, 5.41) is 2.45. The van der Waals surface area contributed by atoms with Crippen molar-refractivity contribution >= 4 is 5.91 Å². The van der Waals surface area contributed by atoms with Gasteiger partial charge in [-0.1, -0.05) is 30.3 Å². The average Bonchev–Trinajstić information content (AvgIpc) is 2.57. The van der Waals surface area contributed by atoms with Gasteiger partial charge in [0.05, 0.1) is 11.1 Å². The molecule has 3 nitrogen and oxygen atoms in total. The van der Waals surface area contributed by atoms with Crippen LogP contribution in [-0.2, 0) is 23.7 Å². The molecule has 140 valence electrons. The minimum absolute atomic E-state index is 0.0116. The predicted octanol–water partition coefficient (Wildman–Crippen LogP) is 4.42. The summed E-state index contributed by atoms with van der Waals surface area (Å²) in [7, 11) is 0. The van der Waals surface area contributed by atoms with Crippen molar-refractivity contribution in [1.29, 1.82) is 0 Å². The molecular formula is C17H13F6NO2. The Labute approximate surface area is 144 Å². The van der Waals surface area contributed by atoms with Crippen molar-refractivity contribution in [2.45, 2.75) is 18.9 Å². The first kappa shape index (κ1) is 19.6. The molecule has 0 radical (unpaired) electrons. The minimum Gasteiger partial charge on any atom is -0.484 e. The van der Waals surface area contributed by atoms with E-state index in [0.29, 0.717) is 12.1 Å². The first-order chi connectivity index (χ1) is 12.1. The van der Waals surface area contributed by atoms with Gasteiger partial charge in [0.2, 0.25) is 0 Å². The Kier molecular flexibility index (Phi) is 5.79. The van der Waals surface area contributed by atoms with Crippen LogP contribution < -0.4 is 10.1 Å². The second-order valence-corrected chi connectivity index (χ2v) is 5.29. The summed E-state index contributed by atoms with van der Waals surface area (Å²) in [6.07, 6.45) is -9.95. The van der Waals surface area contributed by atoms with Crippen LogP contribution in [0.5, 0.6) is 5.75 Å². The molecule has 0 unspecified atom stereocenters. The van der Waals surface area contributed by atoms with Gasteiger partial charge < -0.3 is 10.1 Å². The molecule has 0 fully saturated rings. The summed E-state index contributed by atoms with van der Waals surface area (Å²) in [6.45, 7) is -0.565. The third kappa shape index (κ3) is 5.68. The van der Waals surface area contributed by atoms with E-state index in [2.05, 4.69) is 5.32 Å². The van der Waals surface area contributed by atoms with E-state index in [1.807, 2.05) is 0 Å². The van der Waals surface area contributed by atoms with Crippen molar-refractivity contribution in [2.75, 3.05) is 6.61 Å². The van der Waals surface area contributed by atoms with E-state index in [1.54, 1.807) is 30.3 Å². The fourth-order valence-corrected chi connectivity index (χ4v) is 2.01. The van der Waals surface area contributed by atoms with Crippen LogP contribution in [0.3, 0.4) is 0 Å². The van der Waals surface area contributed by atoms with Crippen molar-refractivity contribution in [2.24, 2.45) is 0 Å². The monoisotopic (exact) mass is 377 g/mol. The number of hydrogen-bond donors (Lipinski definition) is 1. The fourth-order valence-electron chi connectivity index (χ4n) is 2.01. The molecule has 0 aliphatic heterocycles. The van der Waals surface area contributed by atoms with Crippen LogP contribution >= 0.6 is 0 Å². The molecule has 26 heavy (non-hydrogen) atoms. The lowest BCUT2D eigenvalue weighted by Crippen LogP contribution is -2.28. The lowest BCUT2D eigenvalue weighted by Gasteiger charge is -2.14. The summed E-state index contributed by atoms with van der Waals surface area (Å²) in [5.41, 5.74) is -2.24. The molecule has 0 bridgehead atoms. The Balaban J connectivity index is 2.05. The van der Waals surface area contributed by atoms with Crippen LogP contribution in [0.15, 0.2) is 48.5 Å². The number of benzene rings is 2. The van der Waals surface area contributed by atoms with Gasteiger partial charge in [-0.25, -0.2) is 0 Å². The van der Waals surface area contributed by atoms with Crippen LogP contribution in [-0.4, -0.2) is 12.5 Å². The van der Waals surface area contributed by atoms with Gasteiger partial charge in [-0.3, -0.25) is 4.79 Å². The van der Waals surface area contributed by atoms with E-state index in [4.69, 9.17) is 4.74 Å². The zero-order valence-electron chi connectivity index (χ0n) is 13.1. The van der Waals surface area contributed by atoms with Gasteiger partial charge in [-0.05, 0) is 23.8 Å². The summed E-state index contributed by atoms with van der Waals surface area (Å²) < 4.78 is 81.3. The van der Waals surface area contributed by atoms with Crippen molar-refractivity contribution in [3.05, 3.63) is 65.2 Å². The smallest absolute Gasteiger partial charge is 0.416 e. The van der Waals surface area contributed by atoms with Crippen LogP contribution in [0.25, 0.3) is 0 Å². The van der Waals surface area contributed by atoms with Crippen LogP contribution in [0.1, 0.15) is 16.7 Å². The van der Waals surface area contributed by atoms with Gasteiger partial charge >= 0.3 is 12.4 Å². The minimum atomic E-state index is -4.98. The van der Waals surface area contributed by atoms with Gasteiger partial charge in [0.15, 0.2) is 6.61 Å². The van der Waals surface area contributed by atoms with Crippen LogP contribution in [0.2, 0.25) is 0 Å². The number of nitrogens with one attached hydrogen (secondary N) is 1. The number of alkyl halides is 6. The molecule has 9 heteroatoms. The summed E-state index contributed by atoms with van der Waals surface area (Å²) >= 11 is 0. The van der Waals surface area contributed by atoms with Crippen molar-refractivity contribution in [1.82, 2.24) is 5.32 Å². The van der Waals surface area contributed by atoms with Gasteiger partial charge in [0.1, 0.15) is 5.75 Å². The number of carbonyl (C=O) groups is 1. The first-order valence-corrected chi connectivity index (χ1v) is 7.28. The van der Waals surface area contributed by atoms with Gasteiger partial charge in [-0.15, -0.1) is 0 Å². The lowest BCUT2D eigenvalue weighted by atomic mass is 10.1. The highest BCUT2D eigenvalue weighted by atomic mass is 19.4. The molecule has 1 amide bonds. The van der Waals surface area contributed by atoms with Crippen molar-refractivity contribution in [3.63, 3.8) is 0 Å². The van der Waals surface area contributed by atoms with E-state index >= 15 is 0 Å². The summed E-state index contributed by atoms with van der Waals surface area (Å²) in [4.78, 5) is 11.7. The number of carbonyl (C=O) groups excluding carboxylic acids is 1. The zero-order chi connectivity index (χ0) is 19.4. The molecule has 0 aromatic heterocycles. The van der Waals surface area contributed by atoms with Crippen molar-refractivity contribution < 1.29 is 35.9 Å². The molecule has 1 N–H and O–H groups in total. The van der Waals surface area contributed by atoms with Crippen LogP contribution in [0, 0.1) is 0 Å². The normalized spacial score (nSPS) is 11.9. The molecule has 0 saturated carbocycles. The Hall–Kier alpha value is -2.71. The van der Waals surface area contributed by atoms with E-state index in [1.165, 1.54) is 0 Å².